The summed E-state index contributed by atoms with van der Waals surface area (Å²) in [6, 6.07) is 7.92. The number of benzene rings is 1. The molecule has 0 bridgehead atoms. The van der Waals surface area contributed by atoms with Gasteiger partial charge in [0.15, 0.2) is 0 Å². The Labute approximate surface area is 110 Å². The topological polar surface area (TPSA) is 16.1 Å². The third kappa shape index (κ3) is 2.23. The maximum absolute atomic E-state index is 5.90. The first-order valence-electron chi connectivity index (χ1n) is 5.65. The molecule has 3 rings (SSSR count). The summed E-state index contributed by atoms with van der Waals surface area (Å²) in [6.45, 7) is 2.11. The fourth-order valence-electron chi connectivity index (χ4n) is 2.05. The maximum Gasteiger partial charge on any atom is 0.123 e. The summed E-state index contributed by atoms with van der Waals surface area (Å²) >= 11 is 7.71. The lowest BCUT2D eigenvalue weighted by molar-refractivity contribution is 0.311. The van der Waals surface area contributed by atoms with Gasteiger partial charge in [0.2, 0.25) is 0 Å². The Morgan fingerprint density at radius 1 is 1.29 bits per heavy atom. The van der Waals surface area contributed by atoms with Gasteiger partial charge in [-0.2, -0.15) is 0 Å². The standard InChI is InChI=1S/C13H13ClN2S/c1-16-7-6-12-11(8-16)15-13(17-12)9-2-4-10(14)5-3-9/h2-5H,6-8H2,1H3. The van der Waals surface area contributed by atoms with Crippen LogP contribution in [0.3, 0.4) is 0 Å². The fourth-order valence-corrected chi connectivity index (χ4v) is 3.24. The monoisotopic (exact) mass is 264 g/mol. The van der Waals surface area contributed by atoms with E-state index in [2.05, 4.69) is 11.9 Å². The highest BCUT2D eigenvalue weighted by atomic mass is 35.5. The molecule has 0 radical (unpaired) electrons. The van der Waals surface area contributed by atoms with Gasteiger partial charge in [-0.05, 0) is 25.6 Å². The highest BCUT2D eigenvalue weighted by Crippen LogP contribution is 2.31. The zero-order chi connectivity index (χ0) is 11.8. The van der Waals surface area contributed by atoms with Crippen molar-refractivity contribution >= 4 is 22.9 Å². The first kappa shape index (κ1) is 11.2. The molecule has 0 fully saturated rings. The number of halogens is 1. The van der Waals surface area contributed by atoms with Crippen LogP contribution >= 0.6 is 22.9 Å². The Bertz CT molecular complexity index is 533. The Balaban J connectivity index is 1.97. The summed E-state index contributed by atoms with van der Waals surface area (Å²) in [5.41, 5.74) is 2.41. The third-order valence-electron chi connectivity index (χ3n) is 3.01. The van der Waals surface area contributed by atoms with Crippen LogP contribution in [0.15, 0.2) is 24.3 Å². The molecule has 0 N–H and O–H groups in total. The second-order valence-corrected chi connectivity index (χ2v) is 5.90. The lowest BCUT2D eigenvalue weighted by Crippen LogP contribution is -2.25. The normalized spacial score (nSPS) is 15.9. The van der Waals surface area contributed by atoms with Crippen molar-refractivity contribution in [3.63, 3.8) is 0 Å². The van der Waals surface area contributed by atoms with Gasteiger partial charge in [-0.3, -0.25) is 0 Å². The largest absolute Gasteiger partial charge is 0.300 e. The minimum atomic E-state index is 0.773. The number of aromatic nitrogens is 1. The summed E-state index contributed by atoms with van der Waals surface area (Å²) in [7, 11) is 2.14. The molecule has 17 heavy (non-hydrogen) atoms. The van der Waals surface area contributed by atoms with E-state index in [0.29, 0.717) is 0 Å². The number of thiazole rings is 1. The van der Waals surface area contributed by atoms with Crippen LogP contribution in [0.1, 0.15) is 10.6 Å². The van der Waals surface area contributed by atoms with Crippen molar-refractivity contribution in [3.8, 4) is 10.6 Å². The van der Waals surface area contributed by atoms with E-state index < -0.39 is 0 Å². The molecule has 0 saturated carbocycles. The van der Waals surface area contributed by atoms with Crippen LogP contribution in [-0.2, 0) is 13.0 Å². The maximum atomic E-state index is 5.90. The molecular weight excluding hydrogens is 252 g/mol. The van der Waals surface area contributed by atoms with Gasteiger partial charge in [-0.1, -0.05) is 23.7 Å². The molecule has 0 unspecified atom stereocenters. The summed E-state index contributed by atoms with van der Waals surface area (Å²) in [5, 5.41) is 1.89. The Morgan fingerprint density at radius 3 is 2.82 bits per heavy atom. The van der Waals surface area contributed by atoms with Crippen molar-refractivity contribution in [3.05, 3.63) is 39.9 Å². The molecule has 2 aromatic rings. The second-order valence-electron chi connectivity index (χ2n) is 4.38. The van der Waals surface area contributed by atoms with E-state index in [1.54, 1.807) is 0 Å². The fraction of sp³-hybridized carbons (Fsp3) is 0.308. The van der Waals surface area contributed by atoms with E-state index in [1.807, 2.05) is 35.6 Å². The second kappa shape index (κ2) is 4.41. The zero-order valence-electron chi connectivity index (χ0n) is 9.61. The smallest absolute Gasteiger partial charge is 0.123 e. The summed E-state index contributed by atoms with van der Waals surface area (Å²) in [4.78, 5) is 8.49. The van der Waals surface area contributed by atoms with E-state index >= 15 is 0 Å². The lowest BCUT2D eigenvalue weighted by Gasteiger charge is -2.20. The Kier molecular flexibility index (Phi) is 2.90. The molecule has 1 aromatic carbocycles. The van der Waals surface area contributed by atoms with Crippen LogP contribution in [0.4, 0.5) is 0 Å². The quantitative estimate of drug-likeness (QED) is 0.784. The van der Waals surface area contributed by atoms with Crippen LogP contribution in [0.5, 0.6) is 0 Å². The van der Waals surface area contributed by atoms with Crippen LogP contribution in [-0.4, -0.2) is 23.5 Å². The van der Waals surface area contributed by atoms with E-state index in [4.69, 9.17) is 16.6 Å². The number of rotatable bonds is 1. The molecular formula is C13H13ClN2S. The van der Waals surface area contributed by atoms with E-state index in [1.165, 1.54) is 10.6 Å². The summed E-state index contributed by atoms with van der Waals surface area (Å²) in [5.74, 6) is 0. The van der Waals surface area contributed by atoms with Crippen LogP contribution < -0.4 is 0 Å². The molecule has 2 nitrogen and oxygen atoms in total. The highest BCUT2D eigenvalue weighted by molar-refractivity contribution is 7.15. The van der Waals surface area contributed by atoms with Gasteiger partial charge >= 0.3 is 0 Å². The van der Waals surface area contributed by atoms with E-state index in [-0.39, 0.29) is 0 Å². The summed E-state index contributed by atoms with van der Waals surface area (Å²) in [6.07, 6.45) is 1.12. The van der Waals surface area contributed by atoms with E-state index in [9.17, 15) is 0 Å². The molecule has 0 atom stereocenters. The summed E-state index contributed by atoms with van der Waals surface area (Å²) < 4.78 is 0. The average Bonchev–Trinajstić information content (AvgIpc) is 2.72. The first-order valence-corrected chi connectivity index (χ1v) is 6.85. The molecule has 0 spiro atoms. The highest BCUT2D eigenvalue weighted by Gasteiger charge is 2.18. The molecule has 1 aromatic heterocycles. The molecule has 0 amide bonds. The van der Waals surface area contributed by atoms with Crippen molar-refractivity contribution in [1.29, 1.82) is 0 Å². The molecule has 1 aliphatic heterocycles. The van der Waals surface area contributed by atoms with Crippen molar-refractivity contribution in [1.82, 2.24) is 9.88 Å². The third-order valence-corrected chi connectivity index (χ3v) is 4.47. The molecule has 1 aliphatic rings. The van der Waals surface area contributed by atoms with Crippen molar-refractivity contribution in [2.24, 2.45) is 0 Å². The van der Waals surface area contributed by atoms with Crippen molar-refractivity contribution in [2.45, 2.75) is 13.0 Å². The van der Waals surface area contributed by atoms with Gasteiger partial charge in [0.1, 0.15) is 5.01 Å². The molecule has 2 heterocycles. The van der Waals surface area contributed by atoms with Crippen LogP contribution in [0.25, 0.3) is 10.6 Å². The van der Waals surface area contributed by atoms with Gasteiger partial charge in [0.25, 0.3) is 0 Å². The molecule has 0 saturated heterocycles. The predicted molar refractivity (Wildman–Crippen MR) is 72.6 cm³/mol. The number of hydrogen-bond acceptors (Lipinski definition) is 3. The van der Waals surface area contributed by atoms with Gasteiger partial charge in [-0.25, -0.2) is 4.98 Å². The SMILES string of the molecule is CN1CCc2sc(-c3ccc(Cl)cc3)nc2C1. The lowest BCUT2D eigenvalue weighted by atomic mass is 10.2. The predicted octanol–water partition coefficient (Wildman–Crippen LogP) is 3.45. The van der Waals surface area contributed by atoms with Gasteiger partial charge in [0, 0.05) is 28.6 Å². The molecule has 4 heteroatoms. The van der Waals surface area contributed by atoms with Crippen LogP contribution in [0.2, 0.25) is 5.02 Å². The Hall–Kier alpha value is -0.900. The minimum Gasteiger partial charge on any atom is -0.300 e. The number of nitrogens with zero attached hydrogens (tertiary/aromatic N) is 2. The van der Waals surface area contributed by atoms with E-state index in [0.717, 1.165) is 35.1 Å². The minimum absolute atomic E-state index is 0.773. The van der Waals surface area contributed by atoms with Crippen LogP contribution in [0, 0.1) is 0 Å². The molecule has 0 aliphatic carbocycles. The Morgan fingerprint density at radius 2 is 2.06 bits per heavy atom. The average molecular weight is 265 g/mol. The first-order chi connectivity index (χ1) is 8.22. The molecule has 88 valence electrons. The van der Waals surface area contributed by atoms with Crippen molar-refractivity contribution in [2.75, 3.05) is 13.6 Å². The van der Waals surface area contributed by atoms with Crippen molar-refractivity contribution < 1.29 is 0 Å². The number of likely N-dealkylation sites (N-methyl/N-ethyl adjacent to an activating group) is 1. The number of fused-ring (bicyclic) bond motifs is 1. The number of hydrogen-bond donors (Lipinski definition) is 0. The zero-order valence-corrected chi connectivity index (χ0v) is 11.2. The van der Waals surface area contributed by atoms with Gasteiger partial charge < -0.3 is 4.90 Å². The van der Waals surface area contributed by atoms with Gasteiger partial charge in [-0.15, -0.1) is 11.3 Å². The van der Waals surface area contributed by atoms with Gasteiger partial charge in [0.05, 0.1) is 5.69 Å².